The van der Waals surface area contributed by atoms with Gasteiger partial charge < -0.3 is 15.1 Å². The summed E-state index contributed by atoms with van der Waals surface area (Å²) in [6.45, 7) is 7.86. The third kappa shape index (κ3) is 3.71. The lowest BCUT2D eigenvalue weighted by Crippen LogP contribution is -2.44. The topological polar surface area (TPSA) is 48.5 Å². The number of amides is 1. The Balaban J connectivity index is 1.79. The molecule has 1 aromatic carbocycles. The Morgan fingerprint density at radius 1 is 1.17 bits per heavy atom. The second kappa shape index (κ2) is 6.68. The molecule has 1 fully saturated rings. The normalized spacial score (nSPS) is 15.7. The van der Waals surface area contributed by atoms with Crippen molar-refractivity contribution in [1.82, 2.24) is 9.88 Å². The molecule has 1 aliphatic rings. The number of hydrogen-bond donors (Lipinski definition) is 1. The van der Waals surface area contributed by atoms with Crippen LogP contribution in [-0.4, -0.2) is 49.0 Å². The number of aromatic nitrogens is 1. The van der Waals surface area contributed by atoms with Crippen molar-refractivity contribution in [3.63, 3.8) is 0 Å². The summed E-state index contributed by atoms with van der Waals surface area (Å²) in [5, 5.41) is 3.90. The molecule has 5 nitrogen and oxygen atoms in total. The number of likely N-dealkylation sites (N-methyl/N-ethyl adjacent to an activating group) is 1. The minimum Gasteiger partial charge on any atom is -0.346 e. The van der Waals surface area contributed by atoms with Crippen molar-refractivity contribution in [3.8, 4) is 11.3 Å². The molecule has 0 aliphatic carbocycles. The van der Waals surface area contributed by atoms with Crippen molar-refractivity contribution in [3.05, 3.63) is 29.1 Å². The number of hydrogen-bond acceptors (Lipinski definition) is 5. The molecule has 2 heterocycles. The van der Waals surface area contributed by atoms with Gasteiger partial charge in [0.1, 0.15) is 0 Å². The van der Waals surface area contributed by atoms with Gasteiger partial charge in [-0.2, -0.15) is 0 Å². The van der Waals surface area contributed by atoms with Crippen LogP contribution in [0.1, 0.15) is 11.8 Å². The lowest BCUT2D eigenvalue weighted by Gasteiger charge is -2.32. The molecule has 1 aliphatic heterocycles. The average molecular weight is 330 g/mol. The van der Waals surface area contributed by atoms with E-state index in [1.807, 2.05) is 24.3 Å². The molecule has 2 aromatic rings. The first-order valence-electron chi connectivity index (χ1n) is 7.82. The second-order valence-electron chi connectivity index (χ2n) is 5.95. The van der Waals surface area contributed by atoms with Crippen LogP contribution in [0, 0.1) is 6.92 Å². The number of carbonyl (C=O) groups is 1. The van der Waals surface area contributed by atoms with E-state index in [9.17, 15) is 4.79 Å². The summed E-state index contributed by atoms with van der Waals surface area (Å²) in [6.07, 6.45) is 0. The molecule has 0 saturated carbocycles. The van der Waals surface area contributed by atoms with Crippen LogP contribution in [0.4, 0.5) is 10.8 Å². The van der Waals surface area contributed by atoms with Gasteiger partial charge in [0.05, 0.1) is 5.69 Å². The summed E-state index contributed by atoms with van der Waals surface area (Å²) in [5.74, 6) is -0.0556. The SMILES string of the molecule is CC(=O)Nc1ccc(-c2nc(N3CCN(C)CC3)sc2C)cc1. The first-order valence-corrected chi connectivity index (χ1v) is 8.63. The third-order valence-electron chi connectivity index (χ3n) is 4.04. The fourth-order valence-electron chi connectivity index (χ4n) is 2.70. The monoisotopic (exact) mass is 330 g/mol. The molecule has 0 bridgehead atoms. The second-order valence-corrected chi connectivity index (χ2v) is 7.13. The van der Waals surface area contributed by atoms with E-state index in [-0.39, 0.29) is 5.91 Å². The molecule has 23 heavy (non-hydrogen) atoms. The van der Waals surface area contributed by atoms with Crippen LogP contribution in [0.2, 0.25) is 0 Å². The first-order chi connectivity index (χ1) is 11.0. The van der Waals surface area contributed by atoms with Crippen LogP contribution < -0.4 is 10.2 Å². The largest absolute Gasteiger partial charge is 0.346 e. The summed E-state index contributed by atoms with van der Waals surface area (Å²) in [7, 11) is 2.16. The standard InChI is InChI=1S/C17H22N4OS/c1-12-16(14-4-6-15(7-5-14)18-13(2)22)19-17(23-12)21-10-8-20(3)9-11-21/h4-7H,8-11H2,1-3H3,(H,18,22). The number of rotatable bonds is 3. The molecule has 1 aromatic heterocycles. The summed E-state index contributed by atoms with van der Waals surface area (Å²) in [4.78, 5) is 21.9. The van der Waals surface area contributed by atoms with Crippen molar-refractivity contribution < 1.29 is 4.79 Å². The van der Waals surface area contributed by atoms with Gasteiger partial charge in [-0.3, -0.25) is 4.79 Å². The van der Waals surface area contributed by atoms with Crippen molar-refractivity contribution in [1.29, 1.82) is 0 Å². The number of aryl methyl sites for hydroxylation is 1. The van der Waals surface area contributed by atoms with Gasteiger partial charge in [0.2, 0.25) is 5.91 Å². The third-order valence-corrected chi connectivity index (χ3v) is 5.07. The highest BCUT2D eigenvalue weighted by molar-refractivity contribution is 7.16. The van der Waals surface area contributed by atoms with E-state index in [1.54, 1.807) is 11.3 Å². The molecule has 1 N–H and O–H groups in total. The Bertz CT molecular complexity index is 687. The minimum atomic E-state index is -0.0556. The number of thiazole rings is 1. The van der Waals surface area contributed by atoms with Crippen molar-refractivity contribution in [2.75, 3.05) is 43.4 Å². The Kier molecular flexibility index (Phi) is 4.63. The van der Waals surface area contributed by atoms with E-state index in [4.69, 9.17) is 4.98 Å². The van der Waals surface area contributed by atoms with Crippen LogP contribution in [0.25, 0.3) is 11.3 Å². The number of nitrogens with zero attached hydrogens (tertiary/aromatic N) is 3. The molecule has 0 unspecified atom stereocenters. The van der Waals surface area contributed by atoms with Crippen LogP contribution in [0.5, 0.6) is 0 Å². The highest BCUT2D eigenvalue weighted by atomic mass is 32.1. The van der Waals surface area contributed by atoms with E-state index in [1.165, 1.54) is 11.8 Å². The average Bonchev–Trinajstić information content (AvgIpc) is 2.90. The molecule has 1 saturated heterocycles. The van der Waals surface area contributed by atoms with Crippen LogP contribution >= 0.6 is 11.3 Å². The maximum Gasteiger partial charge on any atom is 0.221 e. The van der Waals surface area contributed by atoms with Gasteiger partial charge in [-0.05, 0) is 26.1 Å². The fourth-order valence-corrected chi connectivity index (χ4v) is 3.68. The molecular formula is C17H22N4OS. The van der Waals surface area contributed by atoms with Crippen molar-refractivity contribution >= 4 is 28.1 Å². The van der Waals surface area contributed by atoms with Crippen LogP contribution in [0.3, 0.4) is 0 Å². The summed E-state index contributed by atoms with van der Waals surface area (Å²) in [6, 6.07) is 7.87. The van der Waals surface area contributed by atoms with Gasteiger partial charge >= 0.3 is 0 Å². The zero-order valence-electron chi connectivity index (χ0n) is 13.8. The van der Waals surface area contributed by atoms with Gasteiger partial charge in [-0.25, -0.2) is 4.98 Å². The highest BCUT2D eigenvalue weighted by Crippen LogP contribution is 2.33. The molecule has 122 valence electrons. The fraction of sp³-hybridized carbons (Fsp3) is 0.412. The predicted molar refractivity (Wildman–Crippen MR) is 96.3 cm³/mol. The number of benzene rings is 1. The zero-order chi connectivity index (χ0) is 16.4. The Morgan fingerprint density at radius 2 is 1.83 bits per heavy atom. The van der Waals surface area contributed by atoms with Gasteiger partial charge in [0, 0.05) is 49.2 Å². The molecule has 0 atom stereocenters. The van der Waals surface area contributed by atoms with Gasteiger partial charge in [0.15, 0.2) is 5.13 Å². The summed E-state index contributed by atoms with van der Waals surface area (Å²) in [5.41, 5.74) is 2.94. The molecule has 0 radical (unpaired) electrons. The lowest BCUT2D eigenvalue weighted by molar-refractivity contribution is -0.114. The molecule has 1 amide bonds. The van der Waals surface area contributed by atoms with E-state index in [0.717, 1.165) is 48.3 Å². The number of anilines is 2. The summed E-state index contributed by atoms with van der Waals surface area (Å²) < 4.78 is 0. The van der Waals surface area contributed by atoms with E-state index in [0.29, 0.717) is 0 Å². The van der Waals surface area contributed by atoms with E-state index >= 15 is 0 Å². The Morgan fingerprint density at radius 3 is 2.43 bits per heavy atom. The Hall–Kier alpha value is -1.92. The summed E-state index contributed by atoms with van der Waals surface area (Å²) >= 11 is 1.76. The molecule has 6 heteroatoms. The maximum atomic E-state index is 11.1. The highest BCUT2D eigenvalue weighted by Gasteiger charge is 2.19. The number of nitrogens with one attached hydrogen (secondary N) is 1. The lowest BCUT2D eigenvalue weighted by atomic mass is 10.1. The van der Waals surface area contributed by atoms with Crippen molar-refractivity contribution in [2.45, 2.75) is 13.8 Å². The van der Waals surface area contributed by atoms with Crippen LogP contribution in [-0.2, 0) is 4.79 Å². The number of carbonyl (C=O) groups excluding carboxylic acids is 1. The van der Waals surface area contributed by atoms with Gasteiger partial charge in [-0.1, -0.05) is 12.1 Å². The van der Waals surface area contributed by atoms with Gasteiger partial charge in [-0.15, -0.1) is 11.3 Å². The predicted octanol–water partition coefficient (Wildman–Crippen LogP) is 2.83. The smallest absolute Gasteiger partial charge is 0.221 e. The van der Waals surface area contributed by atoms with Gasteiger partial charge in [0.25, 0.3) is 0 Å². The first kappa shape index (κ1) is 16.0. The van der Waals surface area contributed by atoms with E-state index in [2.05, 4.69) is 29.1 Å². The maximum absolute atomic E-state index is 11.1. The van der Waals surface area contributed by atoms with Crippen molar-refractivity contribution in [2.24, 2.45) is 0 Å². The zero-order valence-corrected chi connectivity index (χ0v) is 14.6. The Labute approximate surface area is 140 Å². The number of piperazine rings is 1. The van der Waals surface area contributed by atoms with Crippen LogP contribution in [0.15, 0.2) is 24.3 Å². The quantitative estimate of drug-likeness (QED) is 0.940. The van der Waals surface area contributed by atoms with E-state index < -0.39 is 0 Å². The molecule has 0 spiro atoms. The molecular weight excluding hydrogens is 308 g/mol. The molecule has 3 rings (SSSR count). The minimum absolute atomic E-state index is 0.0556.